The summed E-state index contributed by atoms with van der Waals surface area (Å²) in [4.78, 5) is 0. The predicted octanol–water partition coefficient (Wildman–Crippen LogP) is 2.17. The lowest BCUT2D eigenvalue weighted by atomic mass is 9.73. The lowest BCUT2D eigenvalue weighted by Crippen LogP contribution is -2.48. The average Bonchev–Trinajstić information content (AvgIpc) is 2.20. The third-order valence-corrected chi connectivity index (χ3v) is 3.94. The minimum atomic E-state index is -0.475. The lowest BCUT2D eigenvalue weighted by molar-refractivity contribution is -0.0635. The minimum absolute atomic E-state index is 0.446. The van der Waals surface area contributed by atoms with E-state index >= 15 is 0 Å². The second-order valence-corrected chi connectivity index (χ2v) is 4.78. The summed E-state index contributed by atoms with van der Waals surface area (Å²) in [5.74, 6) is 0.897. The van der Waals surface area contributed by atoms with Gasteiger partial charge in [-0.05, 0) is 32.2 Å². The summed E-state index contributed by atoms with van der Waals surface area (Å²) in [6, 6.07) is 0. The molecule has 0 aliphatic carbocycles. The molecule has 2 atom stereocenters. The van der Waals surface area contributed by atoms with Crippen LogP contribution in [0.3, 0.4) is 0 Å². The zero-order valence-corrected chi connectivity index (χ0v) is 9.84. The first-order valence-corrected chi connectivity index (χ1v) is 6.06. The van der Waals surface area contributed by atoms with E-state index in [1.54, 1.807) is 0 Å². The van der Waals surface area contributed by atoms with Crippen LogP contribution in [0.25, 0.3) is 0 Å². The topological polar surface area (TPSA) is 32.3 Å². The maximum Gasteiger partial charge on any atom is 0.0687 e. The van der Waals surface area contributed by atoms with Crippen molar-refractivity contribution in [2.75, 3.05) is 13.1 Å². The van der Waals surface area contributed by atoms with Crippen molar-refractivity contribution >= 4 is 0 Å². The maximum atomic E-state index is 10.6. The van der Waals surface area contributed by atoms with Crippen molar-refractivity contribution in [1.82, 2.24) is 5.32 Å². The number of aliphatic hydroxyl groups is 1. The SMILES string of the molecule is CCC(CC)C(C)(O)C1CCCNC1. The van der Waals surface area contributed by atoms with Gasteiger partial charge in [-0.15, -0.1) is 0 Å². The summed E-state index contributed by atoms with van der Waals surface area (Å²) in [5, 5.41) is 13.9. The second-order valence-electron chi connectivity index (χ2n) is 4.78. The molecule has 0 bridgehead atoms. The molecule has 1 fully saturated rings. The normalized spacial score (nSPS) is 27.6. The van der Waals surface area contributed by atoms with E-state index in [1.165, 1.54) is 12.8 Å². The summed E-state index contributed by atoms with van der Waals surface area (Å²) in [6.45, 7) is 8.50. The van der Waals surface area contributed by atoms with Crippen LogP contribution in [0.1, 0.15) is 46.5 Å². The van der Waals surface area contributed by atoms with E-state index in [2.05, 4.69) is 19.2 Å². The van der Waals surface area contributed by atoms with Crippen LogP contribution in [0.5, 0.6) is 0 Å². The zero-order valence-electron chi connectivity index (χ0n) is 9.84. The Bertz CT molecular complexity index is 158. The van der Waals surface area contributed by atoms with Gasteiger partial charge in [0.15, 0.2) is 0 Å². The van der Waals surface area contributed by atoms with Gasteiger partial charge in [0, 0.05) is 12.5 Å². The van der Waals surface area contributed by atoms with E-state index in [-0.39, 0.29) is 0 Å². The number of hydrogen-bond acceptors (Lipinski definition) is 2. The Labute approximate surface area is 88.1 Å². The minimum Gasteiger partial charge on any atom is -0.390 e. The molecule has 2 heteroatoms. The zero-order chi connectivity index (χ0) is 10.6. The van der Waals surface area contributed by atoms with Crippen LogP contribution in [0, 0.1) is 11.8 Å². The highest BCUT2D eigenvalue weighted by atomic mass is 16.3. The Morgan fingerprint density at radius 2 is 2.07 bits per heavy atom. The van der Waals surface area contributed by atoms with Crippen LogP contribution in [0.2, 0.25) is 0 Å². The van der Waals surface area contributed by atoms with Crippen LogP contribution in [0.4, 0.5) is 0 Å². The maximum absolute atomic E-state index is 10.6. The number of nitrogens with one attached hydrogen (secondary N) is 1. The summed E-state index contributed by atoms with van der Waals surface area (Å²) in [5.41, 5.74) is -0.475. The first-order chi connectivity index (χ1) is 6.62. The molecule has 0 aromatic carbocycles. The lowest BCUT2D eigenvalue weighted by Gasteiger charge is -2.41. The second kappa shape index (κ2) is 5.13. The molecule has 1 aliphatic rings. The smallest absolute Gasteiger partial charge is 0.0687 e. The molecule has 0 radical (unpaired) electrons. The van der Waals surface area contributed by atoms with E-state index in [1.807, 2.05) is 6.92 Å². The fraction of sp³-hybridized carbons (Fsp3) is 1.00. The van der Waals surface area contributed by atoms with Crippen LogP contribution < -0.4 is 5.32 Å². The molecule has 2 nitrogen and oxygen atoms in total. The third kappa shape index (κ3) is 2.48. The molecule has 84 valence electrons. The number of piperidine rings is 1. The van der Waals surface area contributed by atoms with E-state index in [0.717, 1.165) is 25.9 Å². The monoisotopic (exact) mass is 199 g/mol. The summed E-state index contributed by atoms with van der Waals surface area (Å²) in [6.07, 6.45) is 4.55. The van der Waals surface area contributed by atoms with Gasteiger partial charge in [-0.2, -0.15) is 0 Å². The summed E-state index contributed by atoms with van der Waals surface area (Å²) < 4.78 is 0. The van der Waals surface area contributed by atoms with E-state index < -0.39 is 5.60 Å². The quantitative estimate of drug-likeness (QED) is 0.727. The molecule has 0 amide bonds. The molecule has 1 rings (SSSR count). The molecule has 0 aromatic rings. The van der Waals surface area contributed by atoms with Crippen LogP contribution in [-0.4, -0.2) is 23.8 Å². The largest absolute Gasteiger partial charge is 0.390 e. The van der Waals surface area contributed by atoms with Crippen molar-refractivity contribution in [3.63, 3.8) is 0 Å². The molecule has 1 heterocycles. The van der Waals surface area contributed by atoms with Gasteiger partial charge < -0.3 is 10.4 Å². The van der Waals surface area contributed by atoms with Crippen molar-refractivity contribution in [2.45, 2.75) is 52.1 Å². The standard InChI is InChI=1S/C12H25NO/c1-4-10(5-2)12(3,14)11-7-6-8-13-9-11/h10-11,13-14H,4-9H2,1-3H3. The Kier molecular flexibility index (Phi) is 4.39. The van der Waals surface area contributed by atoms with Gasteiger partial charge in [0.05, 0.1) is 5.60 Å². The van der Waals surface area contributed by atoms with Crippen molar-refractivity contribution in [1.29, 1.82) is 0 Å². The van der Waals surface area contributed by atoms with Gasteiger partial charge in [-0.25, -0.2) is 0 Å². The number of rotatable bonds is 4. The predicted molar refractivity (Wildman–Crippen MR) is 60.3 cm³/mol. The van der Waals surface area contributed by atoms with E-state index in [9.17, 15) is 5.11 Å². The fourth-order valence-corrected chi connectivity index (χ4v) is 2.80. The first-order valence-electron chi connectivity index (χ1n) is 6.06. The van der Waals surface area contributed by atoms with Gasteiger partial charge in [0.25, 0.3) is 0 Å². The van der Waals surface area contributed by atoms with Gasteiger partial charge >= 0.3 is 0 Å². The molecule has 0 spiro atoms. The van der Waals surface area contributed by atoms with Gasteiger partial charge in [0.1, 0.15) is 0 Å². The molecule has 1 aliphatic heterocycles. The van der Waals surface area contributed by atoms with Crippen molar-refractivity contribution in [3.8, 4) is 0 Å². The Hall–Kier alpha value is -0.0800. The highest BCUT2D eigenvalue weighted by molar-refractivity contribution is 4.90. The van der Waals surface area contributed by atoms with E-state index in [4.69, 9.17) is 0 Å². The van der Waals surface area contributed by atoms with Crippen LogP contribution in [0.15, 0.2) is 0 Å². The molecule has 2 unspecified atom stereocenters. The van der Waals surface area contributed by atoms with Crippen LogP contribution in [-0.2, 0) is 0 Å². The van der Waals surface area contributed by atoms with E-state index in [0.29, 0.717) is 11.8 Å². The highest BCUT2D eigenvalue weighted by Gasteiger charge is 2.37. The van der Waals surface area contributed by atoms with Crippen molar-refractivity contribution in [2.24, 2.45) is 11.8 Å². The van der Waals surface area contributed by atoms with Gasteiger partial charge in [-0.3, -0.25) is 0 Å². The highest BCUT2D eigenvalue weighted by Crippen LogP contribution is 2.34. The molecule has 14 heavy (non-hydrogen) atoms. The number of hydrogen-bond donors (Lipinski definition) is 2. The Morgan fingerprint density at radius 3 is 2.50 bits per heavy atom. The fourth-order valence-electron chi connectivity index (χ4n) is 2.80. The summed E-state index contributed by atoms with van der Waals surface area (Å²) in [7, 11) is 0. The Balaban J connectivity index is 2.60. The summed E-state index contributed by atoms with van der Waals surface area (Å²) >= 11 is 0. The Morgan fingerprint density at radius 1 is 1.43 bits per heavy atom. The first kappa shape index (κ1) is 12.0. The average molecular weight is 199 g/mol. The molecule has 1 saturated heterocycles. The van der Waals surface area contributed by atoms with Crippen molar-refractivity contribution in [3.05, 3.63) is 0 Å². The van der Waals surface area contributed by atoms with Crippen LogP contribution >= 0.6 is 0 Å². The molecule has 0 aromatic heterocycles. The third-order valence-electron chi connectivity index (χ3n) is 3.94. The molecule has 2 N–H and O–H groups in total. The molecular formula is C12H25NO. The molecule has 0 saturated carbocycles. The van der Waals surface area contributed by atoms with Gasteiger partial charge in [-0.1, -0.05) is 26.7 Å². The van der Waals surface area contributed by atoms with Crippen molar-refractivity contribution < 1.29 is 5.11 Å². The molecular weight excluding hydrogens is 174 g/mol. The van der Waals surface area contributed by atoms with Gasteiger partial charge in [0.2, 0.25) is 0 Å².